The van der Waals surface area contributed by atoms with Crippen molar-refractivity contribution in [3.63, 3.8) is 0 Å². The van der Waals surface area contributed by atoms with Crippen molar-refractivity contribution in [3.05, 3.63) is 48.8 Å². The first-order chi connectivity index (χ1) is 11.9. The van der Waals surface area contributed by atoms with Crippen molar-refractivity contribution in [1.82, 2.24) is 19.7 Å². The monoisotopic (exact) mass is 359 g/mol. The SMILES string of the molecule is CN(C)C(=O)Cn1cnc(NS(=O)(=O)c2cccc3ccccc23)n1. The smallest absolute Gasteiger partial charge is 0.264 e. The summed E-state index contributed by atoms with van der Waals surface area (Å²) in [5.41, 5.74) is 0. The molecule has 1 heterocycles. The largest absolute Gasteiger partial charge is 0.347 e. The molecule has 8 nitrogen and oxygen atoms in total. The Labute approximate surface area is 145 Å². The van der Waals surface area contributed by atoms with Gasteiger partial charge in [0.25, 0.3) is 16.0 Å². The topological polar surface area (TPSA) is 97.2 Å². The van der Waals surface area contributed by atoms with E-state index in [0.717, 1.165) is 5.39 Å². The number of benzene rings is 2. The summed E-state index contributed by atoms with van der Waals surface area (Å²) in [7, 11) is -0.598. The molecule has 1 amide bonds. The fraction of sp³-hybridized carbons (Fsp3) is 0.188. The summed E-state index contributed by atoms with van der Waals surface area (Å²) in [4.78, 5) is 17.1. The number of nitrogens with zero attached hydrogens (tertiary/aromatic N) is 4. The lowest BCUT2D eigenvalue weighted by atomic mass is 10.1. The molecule has 0 saturated heterocycles. The normalized spacial score (nSPS) is 11.4. The van der Waals surface area contributed by atoms with Crippen molar-refractivity contribution < 1.29 is 13.2 Å². The fourth-order valence-corrected chi connectivity index (χ4v) is 3.48. The van der Waals surface area contributed by atoms with Gasteiger partial charge in [0.05, 0.1) is 4.90 Å². The maximum absolute atomic E-state index is 12.7. The molecule has 2 aromatic carbocycles. The molecule has 0 saturated carbocycles. The van der Waals surface area contributed by atoms with E-state index in [0.29, 0.717) is 5.39 Å². The molecule has 130 valence electrons. The first kappa shape index (κ1) is 16.9. The van der Waals surface area contributed by atoms with Crippen LogP contribution in [0.2, 0.25) is 0 Å². The molecule has 0 aliphatic carbocycles. The lowest BCUT2D eigenvalue weighted by Crippen LogP contribution is -2.26. The fourth-order valence-electron chi connectivity index (χ4n) is 2.30. The van der Waals surface area contributed by atoms with E-state index in [1.54, 1.807) is 32.3 Å². The summed E-state index contributed by atoms with van der Waals surface area (Å²) in [6.45, 7) is -0.0179. The Hall–Kier alpha value is -2.94. The van der Waals surface area contributed by atoms with Gasteiger partial charge < -0.3 is 4.90 Å². The molecule has 3 aromatic rings. The quantitative estimate of drug-likeness (QED) is 0.741. The van der Waals surface area contributed by atoms with Crippen LogP contribution in [0.15, 0.2) is 53.7 Å². The van der Waals surface area contributed by atoms with Gasteiger partial charge in [-0.15, -0.1) is 5.10 Å². The highest BCUT2D eigenvalue weighted by Gasteiger charge is 2.19. The zero-order valence-corrected chi connectivity index (χ0v) is 14.6. The van der Waals surface area contributed by atoms with Gasteiger partial charge in [-0.05, 0) is 11.5 Å². The zero-order chi connectivity index (χ0) is 18.0. The van der Waals surface area contributed by atoms with Crippen LogP contribution in [0.1, 0.15) is 0 Å². The third-order valence-corrected chi connectivity index (χ3v) is 4.98. The average molecular weight is 359 g/mol. The summed E-state index contributed by atoms with van der Waals surface area (Å²) >= 11 is 0. The highest BCUT2D eigenvalue weighted by atomic mass is 32.2. The second-order valence-electron chi connectivity index (χ2n) is 5.64. The van der Waals surface area contributed by atoms with Crippen LogP contribution in [0.3, 0.4) is 0 Å². The van der Waals surface area contributed by atoms with Crippen molar-refractivity contribution in [3.8, 4) is 0 Å². The predicted molar refractivity (Wildman–Crippen MR) is 93.5 cm³/mol. The second-order valence-corrected chi connectivity index (χ2v) is 7.29. The number of carbonyl (C=O) groups excluding carboxylic acids is 1. The molecule has 0 bridgehead atoms. The van der Waals surface area contributed by atoms with E-state index < -0.39 is 10.0 Å². The molecule has 0 atom stereocenters. The minimum absolute atomic E-state index is 0.0179. The Kier molecular flexibility index (Phi) is 4.41. The number of carbonyl (C=O) groups is 1. The molecule has 0 aliphatic heterocycles. The van der Waals surface area contributed by atoms with Gasteiger partial charge in [-0.25, -0.2) is 17.8 Å². The van der Waals surface area contributed by atoms with Gasteiger partial charge in [-0.1, -0.05) is 36.4 Å². The van der Waals surface area contributed by atoms with Crippen LogP contribution in [-0.2, 0) is 21.4 Å². The van der Waals surface area contributed by atoms with E-state index in [1.165, 1.54) is 22.0 Å². The summed E-state index contributed by atoms with van der Waals surface area (Å²) < 4.78 is 29.0. The number of hydrogen-bond acceptors (Lipinski definition) is 5. The van der Waals surface area contributed by atoms with E-state index in [2.05, 4.69) is 14.8 Å². The van der Waals surface area contributed by atoms with Crippen molar-refractivity contribution in [2.24, 2.45) is 0 Å². The highest BCUT2D eigenvalue weighted by Crippen LogP contribution is 2.23. The summed E-state index contributed by atoms with van der Waals surface area (Å²) in [5, 5.41) is 5.42. The van der Waals surface area contributed by atoms with Crippen molar-refractivity contribution in [2.45, 2.75) is 11.4 Å². The number of anilines is 1. The maximum atomic E-state index is 12.7. The first-order valence-electron chi connectivity index (χ1n) is 7.47. The van der Waals surface area contributed by atoms with Crippen molar-refractivity contribution in [1.29, 1.82) is 0 Å². The molecule has 1 aromatic heterocycles. The second kappa shape index (κ2) is 6.52. The van der Waals surface area contributed by atoms with E-state index in [4.69, 9.17) is 0 Å². The minimum Gasteiger partial charge on any atom is -0.347 e. The number of nitrogens with one attached hydrogen (secondary N) is 1. The summed E-state index contributed by atoms with van der Waals surface area (Å²) in [5.74, 6) is -0.257. The van der Waals surface area contributed by atoms with Crippen LogP contribution in [-0.4, -0.2) is 48.1 Å². The van der Waals surface area contributed by atoms with Crippen LogP contribution in [0.25, 0.3) is 10.8 Å². The third-order valence-electron chi connectivity index (χ3n) is 3.60. The van der Waals surface area contributed by atoms with Gasteiger partial charge in [0.15, 0.2) is 0 Å². The average Bonchev–Trinajstić information content (AvgIpc) is 3.00. The number of hydrogen-bond donors (Lipinski definition) is 1. The number of rotatable bonds is 5. The third kappa shape index (κ3) is 3.61. The lowest BCUT2D eigenvalue weighted by Gasteiger charge is -2.09. The Morgan fingerprint density at radius 3 is 2.64 bits per heavy atom. The van der Waals surface area contributed by atoms with Crippen LogP contribution in [0, 0.1) is 0 Å². The first-order valence-corrected chi connectivity index (χ1v) is 8.95. The Morgan fingerprint density at radius 2 is 1.88 bits per heavy atom. The van der Waals surface area contributed by atoms with E-state index in [1.807, 2.05) is 18.2 Å². The molecule has 0 spiro atoms. The molecular formula is C16H17N5O3S. The number of sulfonamides is 1. The van der Waals surface area contributed by atoms with Crippen LogP contribution < -0.4 is 4.72 Å². The number of fused-ring (bicyclic) bond motifs is 1. The minimum atomic E-state index is -3.86. The summed E-state index contributed by atoms with van der Waals surface area (Å²) in [6, 6.07) is 12.3. The highest BCUT2D eigenvalue weighted by molar-refractivity contribution is 7.93. The van der Waals surface area contributed by atoms with Crippen molar-refractivity contribution >= 4 is 32.7 Å². The maximum Gasteiger partial charge on any atom is 0.264 e. The van der Waals surface area contributed by atoms with E-state index in [-0.39, 0.29) is 23.3 Å². The van der Waals surface area contributed by atoms with Crippen molar-refractivity contribution in [2.75, 3.05) is 18.8 Å². The van der Waals surface area contributed by atoms with Gasteiger partial charge in [0.1, 0.15) is 12.9 Å². The molecule has 0 radical (unpaired) electrons. The number of amides is 1. The number of aromatic nitrogens is 3. The Bertz CT molecular complexity index is 1020. The predicted octanol–water partition coefficient (Wildman–Crippen LogP) is 1.32. The molecule has 9 heteroatoms. The summed E-state index contributed by atoms with van der Waals surface area (Å²) in [6.07, 6.45) is 1.31. The van der Waals surface area contributed by atoms with Gasteiger partial charge in [0.2, 0.25) is 5.91 Å². The van der Waals surface area contributed by atoms with Crippen LogP contribution in [0.4, 0.5) is 5.95 Å². The number of likely N-dealkylation sites (N-methyl/N-ethyl adjacent to an activating group) is 1. The Morgan fingerprint density at radius 1 is 1.16 bits per heavy atom. The Balaban J connectivity index is 1.87. The lowest BCUT2D eigenvalue weighted by molar-refractivity contribution is -0.129. The van der Waals surface area contributed by atoms with E-state index >= 15 is 0 Å². The van der Waals surface area contributed by atoms with Crippen LogP contribution >= 0.6 is 0 Å². The van der Waals surface area contributed by atoms with Crippen LogP contribution in [0.5, 0.6) is 0 Å². The standard InChI is InChI=1S/C16H17N5O3S/c1-20(2)15(22)10-21-11-17-16(18-21)19-25(23,24)14-9-5-7-12-6-3-4-8-13(12)14/h3-9,11H,10H2,1-2H3,(H,18,19). The molecule has 0 unspecified atom stereocenters. The molecule has 0 fully saturated rings. The molecule has 1 N–H and O–H groups in total. The molecule has 25 heavy (non-hydrogen) atoms. The van der Waals surface area contributed by atoms with Gasteiger partial charge in [-0.2, -0.15) is 4.98 Å². The molecular weight excluding hydrogens is 342 g/mol. The molecule has 0 aliphatic rings. The van der Waals surface area contributed by atoms with Gasteiger partial charge in [0, 0.05) is 19.5 Å². The van der Waals surface area contributed by atoms with Gasteiger partial charge in [-0.3, -0.25) is 4.79 Å². The van der Waals surface area contributed by atoms with E-state index in [9.17, 15) is 13.2 Å². The molecule has 3 rings (SSSR count). The van der Waals surface area contributed by atoms with Gasteiger partial charge >= 0.3 is 0 Å². The zero-order valence-electron chi connectivity index (χ0n) is 13.7.